The Kier molecular flexibility index (Phi) is 5.53. The second kappa shape index (κ2) is 6.12. The van der Waals surface area contributed by atoms with Gasteiger partial charge >= 0.3 is 20.1 Å². The second-order valence-electron chi connectivity index (χ2n) is 7.04. The highest BCUT2D eigenvalue weighted by Gasteiger charge is 2.60. The molecule has 144 valence electrons. The lowest BCUT2D eigenvalue weighted by atomic mass is 9.78. The second-order valence-corrected chi connectivity index (χ2v) is 8.47. The number of alkyl halides is 6. The fraction of sp³-hybridized carbons (Fsp3) is 1.00. The first-order valence-electron chi connectivity index (χ1n) is 7.04. The largest absolute Gasteiger partial charge is 0.404 e. The Morgan fingerprint density at radius 1 is 0.917 bits per heavy atom. The van der Waals surface area contributed by atoms with Crippen LogP contribution in [0.2, 0.25) is 0 Å². The van der Waals surface area contributed by atoms with Crippen molar-refractivity contribution in [2.75, 3.05) is 0 Å². The lowest BCUT2D eigenvalue weighted by Crippen LogP contribution is -2.75. The standard InChI is InChI=1S/C12H21F6N2O3P/c1-9(2)7(5-11(13,14)15)19-8(6-12(16,17)18)10(3,4)20(9)24(21,22)23/h7-8,19H,5-6H2,1-4H3,(H2,21,22,23). The Labute approximate surface area is 135 Å². The maximum atomic E-state index is 12.8. The van der Waals surface area contributed by atoms with Crippen molar-refractivity contribution < 1.29 is 40.7 Å². The summed E-state index contributed by atoms with van der Waals surface area (Å²) in [6, 6.07) is -3.24. The topological polar surface area (TPSA) is 72.8 Å². The smallest absolute Gasteiger partial charge is 0.312 e. The maximum absolute atomic E-state index is 12.8. The van der Waals surface area contributed by atoms with Crippen LogP contribution in [0.4, 0.5) is 26.3 Å². The Bertz CT molecular complexity index is 480. The van der Waals surface area contributed by atoms with Gasteiger partial charge in [0.25, 0.3) is 0 Å². The first kappa shape index (κ1) is 21.7. The Morgan fingerprint density at radius 2 is 1.21 bits per heavy atom. The van der Waals surface area contributed by atoms with Crippen LogP contribution in [-0.4, -0.2) is 50.0 Å². The normalized spacial score (nSPS) is 28.8. The van der Waals surface area contributed by atoms with Crippen molar-refractivity contribution in [2.24, 2.45) is 0 Å². The van der Waals surface area contributed by atoms with E-state index >= 15 is 0 Å². The van der Waals surface area contributed by atoms with Crippen LogP contribution < -0.4 is 5.32 Å². The molecule has 1 heterocycles. The predicted octanol–water partition coefficient (Wildman–Crippen LogP) is 3.18. The monoisotopic (exact) mass is 386 g/mol. The summed E-state index contributed by atoms with van der Waals surface area (Å²) in [5.74, 6) is 0. The molecular weight excluding hydrogens is 365 g/mol. The van der Waals surface area contributed by atoms with Gasteiger partial charge in [-0.3, -0.25) is 0 Å². The number of hydrogen-bond acceptors (Lipinski definition) is 2. The Balaban J connectivity index is 3.39. The molecule has 0 radical (unpaired) electrons. The summed E-state index contributed by atoms with van der Waals surface area (Å²) in [4.78, 5) is 19.2. The molecule has 2 unspecified atom stereocenters. The highest BCUT2D eigenvalue weighted by Crippen LogP contribution is 2.55. The van der Waals surface area contributed by atoms with E-state index in [9.17, 15) is 40.7 Å². The fourth-order valence-corrected chi connectivity index (χ4v) is 5.06. The number of nitrogens with one attached hydrogen (secondary N) is 1. The molecule has 0 aromatic heterocycles. The zero-order valence-corrected chi connectivity index (χ0v) is 14.4. The molecule has 5 nitrogen and oxygen atoms in total. The summed E-state index contributed by atoms with van der Waals surface area (Å²) < 4.78 is 89.1. The predicted molar refractivity (Wildman–Crippen MR) is 74.1 cm³/mol. The fourth-order valence-electron chi connectivity index (χ4n) is 3.44. The third-order valence-electron chi connectivity index (χ3n) is 4.33. The van der Waals surface area contributed by atoms with Gasteiger partial charge in [0.1, 0.15) is 0 Å². The number of halogens is 6. The van der Waals surface area contributed by atoms with Crippen LogP contribution in [0.25, 0.3) is 0 Å². The molecule has 0 bridgehead atoms. The van der Waals surface area contributed by atoms with Gasteiger partial charge in [0, 0.05) is 23.2 Å². The van der Waals surface area contributed by atoms with Crippen molar-refractivity contribution in [3.63, 3.8) is 0 Å². The van der Waals surface area contributed by atoms with Gasteiger partial charge < -0.3 is 15.1 Å². The molecule has 12 heteroatoms. The molecule has 0 aliphatic carbocycles. The van der Waals surface area contributed by atoms with E-state index in [2.05, 4.69) is 5.32 Å². The first-order chi connectivity index (χ1) is 10.3. The lowest BCUT2D eigenvalue weighted by molar-refractivity contribution is -0.173. The van der Waals surface area contributed by atoms with E-state index in [-0.39, 0.29) is 0 Å². The van der Waals surface area contributed by atoms with Gasteiger partial charge in [0.2, 0.25) is 0 Å². The average Bonchev–Trinajstić information content (AvgIpc) is 2.18. The number of nitrogens with zero attached hydrogens (tertiary/aromatic N) is 1. The lowest BCUT2D eigenvalue weighted by Gasteiger charge is -2.59. The summed E-state index contributed by atoms with van der Waals surface area (Å²) in [6.45, 7) is 4.67. The van der Waals surface area contributed by atoms with E-state index in [1.54, 1.807) is 0 Å². The van der Waals surface area contributed by atoms with E-state index < -0.39 is 56.1 Å². The molecule has 0 aromatic carbocycles. The van der Waals surface area contributed by atoms with E-state index in [0.29, 0.717) is 4.67 Å². The molecule has 0 aromatic rings. The average molecular weight is 386 g/mol. The highest BCUT2D eigenvalue weighted by molar-refractivity contribution is 7.49. The summed E-state index contributed by atoms with van der Waals surface area (Å²) in [6.07, 6.45) is -12.4. The molecule has 3 N–H and O–H groups in total. The number of rotatable bonds is 3. The van der Waals surface area contributed by atoms with Crippen molar-refractivity contribution in [1.29, 1.82) is 0 Å². The molecule has 2 atom stereocenters. The molecule has 1 fully saturated rings. The van der Waals surface area contributed by atoms with Crippen molar-refractivity contribution >= 4 is 7.75 Å². The minimum Gasteiger partial charge on any atom is -0.312 e. The van der Waals surface area contributed by atoms with Gasteiger partial charge in [-0.15, -0.1) is 0 Å². The number of hydrogen-bond donors (Lipinski definition) is 3. The molecule has 0 saturated carbocycles. The minimum atomic E-state index is -5.13. The van der Waals surface area contributed by atoms with Crippen molar-refractivity contribution in [2.45, 2.75) is 76.1 Å². The maximum Gasteiger partial charge on any atom is 0.404 e. The van der Waals surface area contributed by atoms with Gasteiger partial charge in [-0.25, -0.2) is 4.57 Å². The van der Waals surface area contributed by atoms with Crippen LogP contribution >= 0.6 is 7.75 Å². The van der Waals surface area contributed by atoms with Crippen LogP contribution in [0.15, 0.2) is 0 Å². The third-order valence-corrected chi connectivity index (χ3v) is 5.88. The van der Waals surface area contributed by atoms with Crippen LogP contribution in [0.5, 0.6) is 0 Å². The van der Waals surface area contributed by atoms with Crippen molar-refractivity contribution in [1.82, 2.24) is 9.99 Å². The highest BCUT2D eigenvalue weighted by atomic mass is 31.2. The van der Waals surface area contributed by atoms with Gasteiger partial charge in [-0.05, 0) is 27.7 Å². The molecule has 0 amide bonds. The molecule has 24 heavy (non-hydrogen) atoms. The van der Waals surface area contributed by atoms with Gasteiger partial charge in [-0.2, -0.15) is 31.0 Å². The van der Waals surface area contributed by atoms with Gasteiger partial charge in [0.15, 0.2) is 0 Å². The minimum absolute atomic E-state index is 0.469. The van der Waals surface area contributed by atoms with E-state index in [1.165, 1.54) is 27.7 Å². The summed E-state index contributed by atoms with van der Waals surface area (Å²) >= 11 is 0. The third kappa shape index (κ3) is 4.85. The molecule has 0 spiro atoms. The zero-order chi connectivity index (χ0) is 19.4. The Morgan fingerprint density at radius 3 is 1.42 bits per heavy atom. The number of piperazine rings is 1. The van der Waals surface area contributed by atoms with Gasteiger partial charge in [0.05, 0.1) is 12.8 Å². The van der Waals surface area contributed by atoms with Crippen LogP contribution in [0.1, 0.15) is 40.5 Å². The van der Waals surface area contributed by atoms with Crippen molar-refractivity contribution in [3.8, 4) is 0 Å². The molecule has 1 rings (SSSR count). The summed E-state index contributed by atoms with van der Waals surface area (Å²) in [5, 5.41) is 2.32. The van der Waals surface area contributed by atoms with E-state index in [0.717, 1.165) is 0 Å². The summed E-state index contributed by atoms with van der Waals surface area (Å²) in [7, 11) is -5.13. The molecule has 1 aliphatic heterocycles. The summed E-state index contributed by atoms with van der Waals surface area (Å²) in [5.41, 5.74) is -3.47. The van der Waals surface area contributed by atoms with Crippen molar-refractivity contribution in [3.05, 3.63) is 0 Å². The first-order valence-corrected chi connectivity index (χ1v) is 8.61. The van der Waals surface area contributed by atoms with E-state index in [1.807, 2.05) is 0 Å². The van der Waals surface area contributed by atoms with Crippen LogP contribution in [0.3, 0.4) is 0 Å². The van der Waals surface area contributed by atoms with Crippen LogP contribution in [0, 0.1) is 0 Å². The van der Waals surface area contributed by atoms with Gasteiger partial charge in [-0.1, -0.05) is 0 Å². The molecule has 1 saturated heterocycles. The van der Waals surface area contributed by atoms with E-state index in [4.69, 9.17) is 0 Å². The molecule has 1 aliphatic rings. The quantitative estimate of drug-likeness (QED) is 0.513. The Hall–Kier alpha value is -0.350. The van der Waals surface area contributed by atoms with Crippen LogP contribution in [-0.2, 0) is 4.57 Å². The zero-order valence-electron chi connectivity index (χ0n) is 13.5. The SMILES string of the molecule is CC1(C)C(CC(F)(F)F)NC(CC(F)(F)F)C(C)(C)N1P(=O)(O)O. The molecular formula is C12H21F6N2O3P.